The largest absolute Gasteiger partial charge is 0.478 e. The number of nitrogen functional groups attached to an aromatic ring is 3. The third kappa shape index (κ3) is 5.68. The van der Waals surface area contributed by atoms with Gasteiger partial charge in [-0.3, -0.25) is 0 Å². The van der Waals surface area contributed by atoms with E-state index in [0.717, 1.165) is 54.6 Å². The molecule has 13 heteroatoms. The van der Waals surface area contributed by atoms with Crippen molar-refractivity contribution in [3.05, 3.63) is 88.0 Å². The van der Waals surface area contributed by atoms with Crippen molar-refractivity contribution in [2.24, 2.45) is 0 Å². The van der Waals surface area contributed by atoms with Gasteiger partial charge in [-0.1, -0.05) is 0 Å². The Morgan fingerprint density at radius 1 is 0.486 bits per heavy atom. The summed E-state index contributed by atoms with van der Waals surface area (Å²) < 4.78 is 9.47. The van der Waals surface area contributed by atoms with Crippen molar-refractivity contribution in [3.8, 4) is 0 Å². The van der Waals surface area contributed by atoms with Crippen molar-refractivity contribution >= 4 is 52.9 Å². The van der Waals surface area contributed by atoms with Crippen molar-refractivity contribution in [1.29, 1.82) is 0 Å². The molecule has 3 rings (SSSR count). The summed E-state index contributed by atoms with van der Waals surface area (Å²) in [5.41, 5.74) is 15.0. The first-order valence-corrected chi connectivity index (χ1v) is 10.1. The number of anilines is 3. The summed E-state index contributed by atoms with van der Waals surface area (Å²) in [5.74, 6) is -7.20. The number of carbonyl (C=O) groups is 6. The number of aromatic carboxylic acids is 2. The molecule has 0 aliphatic heterocycles. The van der Waals surface area contributed by atoms with Crippen LogP contribution in [-0.2, 0) is 9.47 Å². The Kier molecular flexibility index (Phi) is 7.19. The lowest BCUT2D eigenvalue weighted by Gasteiger charge is -2.10. The van der Waals surface area contributed by atoms with E-state index < -0.39 is 35.8 Å². The fraction of sp³-hybridized carbons (Fsp3) is 0. The van der Waals surface area contributed by atoms with E-state index in [1.165, 1.54) is 0 Å². The Morgan fingerprint density at radius 3 is 1.11 bits per heavy atom. The van der Waals surface area contributed by atoms with Crippen LogP contribution in [0.4, 0.5) is 17.1 Å². The Morgan fingerprint density at radius 2 is 0.784 bits per heavy atom. The molecule has 0 spiro atoms. The van der Waals surface area contributed by atoms with Crippen LogP contribution in [0.15, 0.2) is 54.6 Å². The van der Waals surface area contributed by atoms with Crippen LogP contribution in [0, 0.1) is 0 Å². The van der Waals surface area contributed by atoms with Gasteiger partial charge in [0.1, 0.15) is 0 Å². The van der Waals surface area contributed by atoms with E-state index in [0.29, 0.717) is 0 Å². The minimum absolute atomic E-state index is 0.172. The van der Waals surface area contributed by atoms with Gasteiger partial charge in [-0.25, -0.2) is 28.8 Å². The first kappa shape index (κ1) is 25.9. The maximum absolute atomic E-state index is 12.4. The van der Waals surface area contributed by atoms with Crippen molar-refractivity contribution in [3.63, 3.8) is 0 Å². The molecule has 0 fully saturated rings. The first-order chi connectivity index (χ1) is 17.4. The van der Waals surface area contributed by atoms with E-state index in [4.69, 9.17) is 36.9 Å². The van der Waals surface area contributed by atoms with Crippen LogP contribution in [0.5, 0.6) is 0 Å². The molecule has 0 atom stereocenters. The van der Waals surface area contributed by atoms with Crippen LogP contribution in [0.2, 0.25) is 0 Å². The summed E-state index contributed by atoms with van der Waals surface area (Å²) in [6.45, 7) is 0. The molecule has 8 N–H and O–H groups in total. The Balaban J connectivity index is 1.71. The van der Waals surface area contributed by atoms with Crippen LogP contribution in [-0.4, -0.2) is 46.0 Å². The SMILES string of the molecule is Nc1cc(C(=O)O)ccc1C(=O)OC(=O)c1ccc(C(=O)OC(=O)c2ccc(C(=O)O)cc2N)c(N)c1. The molecule has 0 heterocycles. The topological polar surface area (TPSA) is 239 Å². The molecule has 0 saturated heterocycles. The highest BCUT2D eigenvalue weighted by Gasteiger charge is 2.23. The Labute approximate surface area is 207 Å². The summed E-state index contributed by atoms with van der Waals surface area (Å²) in [6, 6.07) is 9.56. The number of esters is 4. The highest BCUT2D eigenvalue weighted by molar-refractivity contribution is 6.09. The van der Waals surface area contributed by atoms with Crippen molar-refractivity contribution in [1.82, 2.24) is 0 Å². The molecule has 3 aromatic rings. The number of carbonyl (C=O) groups excluding carboxylic acids is 4. The molecule has 0 radical (unpaired) electrons. The van der Waals surface area contributed by atoms with Gasteiger partial charge >= 0.3 is 35.8 Å². The van der Waals surface area contributed by atoms with Gasteiger partial charge in [-0.2, -0.15) is 0 Å². The van der Waals surface area contributed by atoms with Gasteiger partial charge in [0.2, 0.25) is 0 Å². The van der Waals surface area contributed by atoms with Gasteiger partial charge in [-0.15, -0.1) is 0 Å². The normalized spacial score (nSPS) is 10.3. The lowest BCUT2D eigenvalue weighted by Crippen LogP contribution is -2.17. The van der Waals surface area contributed by atoms with Gasteiger partial charge in [-0.05, 0) is 54.6 Å². The molecule has 0 bridgehead atoms. The fourth-order valence-electron chi connectivity index (χ4n) is 3.03. The second kappa shape index (κ2) is 10.3. The molecule has 37 heavy (non-hydrogen) atoms. The number of carboxylic acids is 2. The highest BCUT2D eigenvalue weighted by atomic mass is 16.6. The quantitative estimate of drug-likeness (QED) is 0.182. The maximum atomic E-state index is 12.4. The summed E-state index contributed by atoms with van der Waals surface area (Å²) >= 11 is 0. The number of rotatable bonds is 6. The lowest BCUT2D eigenvalue weighted by molar-refractivity contribution is 0.0378. The Hall–Kier alpha value is -5.72. The van der Waals surface area contributed by atoms with Crippen molar-refractivity contribution in [2.45, 2.75) is 0 Å². The Bertz CT molecular complexity index is 1500. The predicted molar refractivity (Wildman–Crippen MR) is 126 cm³/mol. The zero-order chi connectivity index (χ0) is 27.4. The minimum atomic E-state index is -1.27. The van der Waals surface area contributed by atoms with Gasteiger partial charge < -0.3 is 36.9 Å². The number of benzene rings is 3. The molecule has 0 unspecified atom stereocenters. The van der Waals surface area contributed by atoms with Crippen LogP contribution in [0.3, 0.4) is 0 Å². The lowest BCUT2D eigenvalue weighted by atomic mass is 10.1. The predicted octanol–water partition coefficient (Wildman–Crippen LogP) is 1.82. The average Bonchev–Trinajstić information content (AvgIpc) is 2.83. The van der Waals surface area contributed by atoms with Gasteiger partial charge in [0, 0.05) is 17.1 Å². The molecule has 0 saturated carbocycles. The number of hydrogen-bond donors (Lipinski definition) is 5. The number of nitrogens with two attached hydrogens (primary N) is 3. The van der Waals surface area contributed by atoms with Gasteiger partial charge in [0.05, 0.1) is 33.4 Å². The zero-order valence-corrected chi connectivity index (χ0v) is 18.6. The fourth-order valence-corrected chi connectivity index (χ4v) is 3.03. The van der Waals surface area contributed by atoms with Crippen molar-refractivity contribution in [2.75, 3.05) is 17.2 Å². The van der Waals surface area contributed by atoms with E-state index in [2.05, 4.69) is 0 Å². The molecule has 3 aromatic carbocycles. The van der Waals surface area contributed by atoms with E-state index in [1.54, 1.807) is 0 Å². The smallest absolute Gasteiger partial charge is 0.348 e. The standard InChI is InChI=1S/C24H17N3O10/c25-16-7-10(19(28)29)1-4-13(16)22(33)36-21(32)12-3-6-15(18(27)9-12)24(35)37-23(34)14-5-2-11(20(30)31)8-17(14)26/h1-9H,25-27H2,(H,28,29)(H,30,31). The third-order valence-corrected chi connectivity index (χ3v) is 4.91. The zero-order valence-electron chi connectivity index (χ0n) is 18.6. The third-order valence-electron chi connectivity index (χ3n) is 4.91. The number of ether oxygens (including phenoxy) is 2. The van der Waals surface area contributed by atoms with E-state index in [-0.39, 0.29) is 50.4 Å². The van der Waals surface area contributed by atoms with E-state index >= 15 is 0 Å². The number of carboxylic acid groups (broad SMARTS) is 2. The molecular weight excluding hydrogens is 490 g/mol. The highest BCUT2D eigenvalue weighted by Crippen LogP contribution is 2.21. The summed E-state index contributed by atoms with van der Waals surface area (Å²) in [5, 5.41) is 17.9. The minimum Gasteiger partial charge on any atom is -0.478 e. The van der Waals surface area contributed by atoms with Crippen molar-refractivity contribution < 1.29 is 48.5 Å². The number of hydrogen-bond acceptors (Lipinski definition) is 11. The maximum Gasteiger partial charge on any atom is 0.348 e. The summed E-state index contributed by atoms with van der Waals surface area (Å²) in [7, 11) is 0. The average molecular weight is 507 g/mol. The molecule has 0 aromatic heterocycles. The molecule has 0 aliphatic carbocycles. The first-order valence-electron chi connectivity index (χ1n) is 10.1. The second-order valence-electron chi connectivity index (χ2n) is 7.37. The monoisotopic (exact) mass is 507 g/mol. The molecular formula is C24H17N3O10. The van der Waals surface area contributed by atoms with Crippen LogP contribution < -0.4 is 17.2 Å². The van der Waals surface area contributed by atoms with Crippen LogP contribution in [0.25, 0.3) is 0 Å². The van der Waals surface area contributed by atoms with Crippen LogP contribution in [0.1, 0.15) is 62.1 Å². The van der Waals surface area contributed by atoms with E-state index in [1.807, 2.05) is 0 Å². The summed E-state index contributed by atoms with van der Waals surface area (Å²) in [4.78, 5) is 71.3. The van der Waals surface area contributed by atoms with Gasteiger partial charge in [0.15, 0.2) is 0 Å². The van der Waals surface area contributed by atoms with E-state index in [9.17, 15) is 28.8 Å². The van der Waals surface area contributed by atoms with Gasteiger partial charge in [0.25, 0.3) is 0 Å². The summed E-state index contributed by atoms with van der Waals surface area (Å²) in [6.07, 6.45) is 0. The molecule has 188 valence electrons. The second-order valence-corrected chi connectivity index (χ2v) is 7.37. The molecule has 13 nitrogen and oxygen atoms in total. The molecule has 0 aliphatic rings. The van der Waals surface area contributed by atoms with Crippen LogP contribution >= 0.6 is 0 Å². The molecule has 0 amide bonds.